The highest BCUT2D eigenvalue weighted by Gasteiger charge is 2.21. The summed E-state index contributed by atoms with van der Waals surface area (Å²) in [6.07, 6.45) is 0. The highest BCUT2D eigenvalue weighted by atomic mass is 31.2. The quantitative estimate of drug-likeness (QED) is 0.759. The van der Waals surface area contributed by atoms with Gasteiger partial charge in [-0.1, -0.05) is 24.3 Å². The van der Waals surface area contributed by atoms with Crippen LogP contribution in [0.25, 0.3) is 0 Å². The minimum Gasteiger partial charge on any atom is -0.314 e. The van der Waals surface area contributed by atoms with Gasteiger partial charge in [-0.2, -0.15) is 0 Å². The molecule has 100 valence electrons. The van der Waals surface area contributed by atoms with Crippen LogP contribution in [0.4, 0.5) is 0 Å². The van der Waals surface area contributed by atoms with Gasteiger partial charge >= 0.3 is 0 Å². The lowest BCUT2D eigenvalue weighted by atomic mass is 10.1. The van der Waals surface area contributed by atoms with Crippen molar-refractivity contribution in [1.82, 2.24) is 0 Å². The molecule has 0 saturated carbocycles. The SMILES string of the molecule is Cc1ccc(P(C)(=O)c2ccc(C)c(C)c2)cc1C. The van der Waals surface area contributed by atoms with Crippen LogP contribution in [-0.2, 0) is 4.57 Å². The van der Waals surface area contributed by atoms with Gasteiger partial charge in [-0.25, -0.2) is 0 Å². The molecule has 0 aliphatic heterocycles. The van der Waals surface area contributed by atoms with Gasteiger partial charge in [0.2, 0.25) is 0 Å². The molecule has 0 aromatic heterocycles. The average molecular weight is 272 g/mol. The minimum absolute atomic E-state index is 0.943. The first-order valence-electron chi connectivity index (χ1n) is 6.55. The van der Waals surface area contributed by atoms with Crippen LogP contribution in [-0.4, -0.2) is 6.66 Å². The van der Waals surface area contributed by atoms with Crippen molar-refractivity contribution >= 4 is 17.8 Å². The number of benzene rings is 2. The zero-order chi connectivity index (χ0) is 14.2. The molecule has 0 aliphatic rings. The molecule has 19 heavy (non-hydrogen) atoms. The Kier molecular flexibility index (Phi) is 3.69. The van der Waals surface area contributed by atoms with E-state index in [0.717, 1.165) is 10.6 Å². The maximum absolute atomic E-state index is 13.1. The first-order chi connectivity index (χ1) is 8.82. The van der Waals surface area contributed by atoms with Crippen LogP contribution in [0.3, 0.4) is 0 Å². The average Bonchev–Trinajstić information content (AvgIpc) is 2.35. The minimum atomic E-state index is -2.49. The van der Waals surface area contributed by atoms with E-state index in [-0.39, 0.29) is 0 Å². The normalized spacial score (nSPS) is 11.6. The largest absolute Gasteiger partial charge is 0.314 e. The molecule has 0 saturated heterocycles. The van der Waals surface area contributed by atoms with Crippen LogP contribution in [0.1, 0.15) is 22.3 Å². The summed E-state index contributed by atoms with van der Waals surface area (Å²) < 4.78 is 13.1. The second-order valence-electron chi connectivity index (χ2n) is 5.46. The van der Waals surface area contributed by atoms with E-state index in [1.807, 2.05) is 18.8 Å². The van der Waals surface area contributed by atoms with Gasteiger partial charge in [0, 0.05) is 10.6 Å². The molecule has 0 aliphatic carbocycles. The van der Waals surface area contributed by atoms with E-state index in [9.17, 15) is 4.57 Å². The summed E-state index contributed by atoms with van der Waals surface area (Å²) >= 11 is 0. The molecule has 0 heterocycles. The molecule has 2 rings (SSSR count). The molecule has 2 heteroatoms. The van der Waals surface area contributed by atoms with Gasteiger partial charge in [0.05, 0.1) is 0 Å². The van der Waals surface area contributed by atoms with Gasteiger partial charge in [-0.15, -0.1) is 0 Å². The van der Waals surface area contributed by atoms with Gasteiger partial charge in [-0.05, 0) is 68.7 Å². The fourth-order valence-corrected chi connectivity index (χ4v) is 4.03. The van der Waals surface area contributed by atoms with Crippen molar-refractivity contribution in [3.63, 3.8) is 0 Å². The van der Waals surface area contributed by atoms with Crippen LogP contribution in [0.15, 0.2) is 36.4 Å². The molecule has 0 spiro atoms. The molecule has 0 bridgehead atoms. The van der Waals surface area contributed by atoms with Crippen LogP contribution >= 0.6 is 7.14 Å². The standard InChI is InChI=1S/C17H21OP/c1-12-6-8-16(10-14(12)3)19(5,18)17-9-7-13(2)15(4)11-17/h6-11H,1-5H3. The Bertz CT molecular complexity index is 615. The molecule has 0 radical (unpaired) electrons. The number of hydrogen-bond acceptors (Lipinski definition) is 1. The molecule has 1 nitrogen and oxygen atoms in total. The molecule has 0 N–H and O–H groups in total. The van der Waals surface area contributed by atoms with Gasteiger partial charge in [0.25, 0.3) is 0 Å². The Hall–Kier alpha value is -1.33. The topological polar surface area (TPSA) is 17.1 Å². The fraction of sp³-hybridized carbons (Fsp3) is 0.294. The van der Waals surface area contributed by atoms with Gasteiger partial charge in [0.15, 0.2) is 0 Å². The van der Waals surface area contributed by atoms with Gasteiger partial charge in [-0.3, -0.25) is 0 Å². The summed E-state index contributed by atoms with van der Waals surface area (Å²) in [7, 11) is -2.49. The smallest absolute Gasteiger partial charge is 0.140 e. The van der Waals surface area contributed by atoms with Crippen LogP contribution in [0.5, 0.6) is 0 Å². The summed E-state index contributed by atoms with van der Waals surface area (Å²) in [5, 5.41) is 1.89. The number of rotatable bonds is 2. The predicted octanol–water partition coefficient (Wildman–Crippen LogP) is 3.86. The Morgan fingerprint density at radius 2 is 1.05 bits per heavy atom. The first kappa shape index (κ1) is 14.1. The second-order valence-corrected chi connectivity index (χ2v) is 8.34. The van der Waals surface area contributed by atoms with E-state index in [2.05, 4.69) is 52.0 Å². The Balaban J connectivity index is 2.54. The van der Waals surface area contributed by atoms with Crippen LogP contribution < -0.4 is 10.6 Å². The zero-order valence-corrected chi connectivity index (χ0v) is 13.2. The van der Waals surface area contributed by atoms with Gasteiger partial charge in [0.1, 0.15) is 7.14 Å². The highest BCUT2D eigenvalue weighted by Crippen LogP contribution is 2.39. The van der Waals surface area contributed by atoms with E-state index >= 15 is 0 Å². The summed E-state index contributed by atoms with van der Waals surface area (Å²) in [5.41, 5.74) is 4.87. The molecule has 0 fully saturated rings. The molecule has 0 atom stereocenters. The van der Waals surface area contributed by atoms with Crippen molar-refractivity contribution in [2.75, 3.05) is 6.66 Å². The summed E-state index contributed by atoms with van der Waals surface area (Å²) in [4.78, 5) is 0. The maximum Gasteiger partial charge on any atom is 0.140 e. The van der Waals surface area contributed by atoms with Crippen molar-refractivity contribution in [3.05, 3.63) is 58.7 Å². The molecule has 0 unspecified atom stereocenters. The summed E-state index contributed by atoms with van der Waals surface area (Å²) in [6.45, 7) is 10.2. The molecule has 2 aromatic rings. The lowest BCUT2D eigenvalue weighted by Gasteiger charge is -2.16. The van der Waals surface area contributed by atoms with Crippen LogP contribution in [0, 0.1) is 27.7 Å². The number of hydrogen-bond donors (Lipinski definition) is 0. The fourth-order valence-electron chi connectivity index (χ4n) is 2.13. The summed E-state index contributed by atoms with van der Waals surface area (Å²) in [5.74, 6) is 0. The van der Waals surface area contributed by atoms with E-state index < -0.39 is 7.14 Å². The Labute approximate surface area is 116 Å². The van der Waals surface area contributed by atoms with E-state index in [1.165, 1.54) is 22.3 Å². The van der Waals surface area contributed by atoms with Crippen molar-refractivity contribution in [2.24, 2.45) is 0 Å². The lowest BCUT2D eigenvalue weighted by molar-refractivity contribution is 0.590. The first-order valence-corrected chi connectivity index (χ1v) is 8.71. The van der Waals surface area contributed by atoms with E-state index in [0.29, 0.717) is 0 Å². The van der Waals surface area contributed by atoms with Crippen molar-refractivity contribution in [3.8, 4) is 0 Å². The third kappa shape index (κ3) is 2.67. The van der Waals surface area contributed by atoms with Gasteiger partial charge < -0.3 is 4.57 Å². The third-order valence-electron chi connectivity index (χ3n) is 3.97. The molecule has 0 amide bonds. The van der Waals surface area contributed by atoms with Crippen LogP contribution in [0.2, 0.25) is 0 Å². The van der Waals surface area contributed by atoms with Crippen molar-refractivity contribution < 1.29 is 4.57 Å². The monoisotopic (exact) mass is 272 g/mol. The maximum atomic E-state index is 13.1. The Morgan fingerprint density at radius 3 is 1.37 bits per heavy atom. The molecular formula is C17H21OP. The predicted molar refractivity (Wildman–Crippen MR) is 84.6 cm³/mol. The third-order valence-corrected chi connectivity index (χ3v) is 6.49. The molecule has 2 aromatic carbocycles. The van der Waals surface area contributed by atoms with Crippen molar-refractivity contribution in [1.29, 1.82) is 0 Å². The molecular weight excluding hydrogens is 251 g/mol. The van der Waals surface area contributed by atoms with Crippen molar-refractivity contribution in [2.45, 2.75) is 27.7 Å². The lowest BCUT2D eigenvalue weighted by Crippen LogP contribution is -2.16. The van der Waals surface area contributed by atoms with E-state index in [1.54, 1.807) is 0 Å². The van der Waals surface area contributed by atoms with E-state index in [4.69, 9.17) is 0 Å². The number of aryl methyl sites for hydroxylation is 4. The summed E-state index contributed by atoms with van der Waals surface area (Å²) in [6, 6.07) is 12.2. The second kappa shape index (κ2) is 4.98. The highest BCUT2D eigenvalue weighted by molar-refractivity contribution is 7.78. The zero-order valence-electron chi connectivity index (χ0n) is 12.3. The Morgan fingerprint density at radius 1 is 0.684 bits per heavy atom.